The summed E-state index contributed by atoms with van der Waals surface area (Å²) >= 11 is 3.31. The van der Waals surface area contributed by atoms with Crippen molar-refractivity contribution in [3.63, 3.8) is 0 Å². The molecule has 0 fully saturated rings. The third kappa shape index (κ3) is 12.0. The van der Waals surface area contributed by atoms with Crippen LogP contribution in [0.25, 0.3) is 31.8 Å². The lowest BCUT2D eigenvalue weighted by Crippen LogP contribution is -2.18. The molecule has 0 spiro atoms. The van der Waals surface area contributed by atoms with Gasteiger partial charge in [-0.25, -0.2) is 29.3 Å². The van der Waals surface area contributed by atoms with Crippen LogP contribution >= 0.6 is 42.3 Å². The van der Waals surface area contributed by atoms with Crippen molar-refractivity contribution >= 4 is 75.7 Å². The second kappa shape index (κ2) is 21.5. The molecular formula is C32H40FIN6O5S2. The molecule has 15 heteroatoms. The number of ether oxygens (including phenoxy) is 4. The van der Waals surface area contributed by atoms with Gasteiger partial charge < -0.3 is 24.3 Å². The van der Waals surface area contributed by atoms with Crippen molar-refractivity contribution in [2.45, 2.75) is 54.1 Å². The van der Waals surface area contributed by atoms with Gasteiger partial charge >= 0.3 is 6.01 Å². The number of thiazole rings is 1. The van der Waals surface area contributed by atoms with Crippen LogP contribution in [0.4, 0.5) is 10.1 Å². The number of nitrogens with one attached hydrogen (secondary N) is 1. The standard InChI is InChI=1S/C22H22FN3O3S.C8H11N3O2.C2H6.HIS/c1-5-28-20-10-24-21-14(6-12(2)7-17(21)25-20)22-26-16-8-15(23)18(9-19(16)30-22)29-13(3)11-27-4;1-2-3-13-8-9-4-7(5-10-8)11-6-12;2*1-2/h6-10,13H,5,11H2,1-4H3;4-6H,2-3H2,1H3,(H,11,12);1-2H3;2H. The fourth-order valence-electron chi connectivity index (χ4n) is 3.98. The number of aromatic nitrogens is 5. The highest BCUT2D eigenvalue weighted by Crippen LogP contribution is 2.37. The first-order chi connectivity index (χ1) is 22.8. The SMILES string of the molecule is CC.CCCOc1ncc(NC=O)cn1.CCOc1cnc2c(-c3nc4cc(F)c(OC(C)COC)cc4s3)cc(C)cc2n1.SI. The van der Waals surface area contributed by atoms with Gasteiger partial charge in [0.15, 0.2) is 11.6 Å². The molecule has 0 aliphatic heterocycles. The van der Waals surface area contributed by atoms with Gasteiger partial charge in [-0.15, -0.1) is 21.1 Å². The second-order valence-electron chi connectivity index (χ2n) is 9.34. The summed E-state index contributed by atoms with van der Waals surface area (Å²) in [7, 11) is 5.08. The van der Waals surface area contributed by atoms with Crippen LogP contribution in [-0.4, -0.2) is 64.4 Å². The highest BCUT2D eigenvalue weighted by molar-refractivity contribution is 14.2. The smallest absolute Gasteiger partial charge is 0.316 e. The number of anilines is 1. The van der Waals surface area contributed by atoms with E-state index in [9.17, 15) is 9.18 Å². The number of carbonyl (C=O) groups is 1. The van der Waals surface area contributed by atoms with E-state index in [0.717, 1.165) is 38.3 Å². The van der Waals surface area contributed by atoms with Crippen molar-refractivity contribution < 1.29 is 28.1 Å². The predicted octanol–water partition coefficient (Wildman–Crippen LogP) is 8.29. The minimum atomic E-state index is -0.447. The molecule has 254 valence electrons. The molecule has 0 bridgehead atoms. The summed E-state index contributed by atoms with van der Waals surface area (Å²) < 4.78 is 36.7. The van der Waals surface area contributed by atoms with Crippen molar-refractivity contribution in [3.8, 4) is 28.2 Å². The largest absolute Gasteiger partial charge is 0.485 e. The van der Waals surface area contributed by atoms with Gasteiger partial charge in [0.25, 0.3) is 0 Å². The van der Waals surface area contributed by atoms with Gasteiger partial charge in [-0.05, 0) is 66.1 Å². The summed E-state index contributed by atoms with van der Waals surface area (Å²) in [6.07, 6.45) is 5.83. The van der Waals surface area contributed by atoms with E-state index in [4.69, 9.17) is 18.9 Å². The molecule has 5 aromatic rings. The molecule has 2 aromatic carbocycles. The summed E-state index contributed by atoms with van der Waals surface area (Å²) in [5.74, 6) is 0.231. The van der Waals surface area contributed by atoms with Gasteiger partial charge in [0.05, 0.1) is 65.3 Å². The van der Waals surface area contributed by atoms with E-state index in [-0.39, 0.29) is 11.9 Å². The number of halogens is 2. The average molecular weight is 799 g/mol. The van der Waals surface area contributed by atoms with E-state index in [2.05, 4.69) is 40.0 Å². The maximum Gasteiger partial charge on any atom is 0.316 e. The third-order valence-electron chi connectivity index (χ3n) is 5.75. The lowest BCUT2D eigenvalue weighted by Gasteiger charge is -2.14. The zero-order chi connectivity index (χ0) is 34.8. The van der Waals surface area contributed by atoms with Gasteiger partial charge in [0.2, 0.25) is 12.3 Å². The summed E-state index contributed by atoms with van der Waals surface area (Å²) in [5, 5.41) is 3.18. The van der Waals surface area contributed by atoms with Crippen molar-refractivity contribution in [1.82, 2.24) is 24.9 Å². The highest BCUT2D eigenvalue weighted by Gasteiger charge is 2.17. The Morgan fingerprint density at radius 3 is 2.38 bits per heavy atom. The first-order valence-electron chi connectivity index (χ1n) is 14.8. The number of hydrogen-bond donors (Lipinski definition) is 2. The Labute approximate surface area is 296 Å². The molecule has 3 heterocycles. The van der Waals surface area contributed by atoms with Crippen LogP contribution < -0.4 is 19.5 Å². The van der Waals surface area contributed by atoms with E-state index >= 15 is 0 Å². The first kappa shape index (κ1) is 39.8. The van der Waals surface area contributed by atoms with E-state index in [0.29, 0.717) is 49.3 Å². The summed E-state index contributed by atoms with van der Waals surface area (Å²) in [5.41, 5.74) is 4.49. The summed E-state index contributed by atoms with van der Waals surface area (Å²) in [6, 6.07) is 7.41. The molecule has 1 atom stereocenters. The van der Waals surface area contributed by atoms with E-state index in [1.807, 2.05) is 74.9 Å². The maximum atomic E-state index is 14.5. The highest BCUT2D eigenvalue weighted by atomic mass is 127. The van der Waals surface area contributed by atoms with Crippen LogP contribution in [0.2, 0.25) is 0 Å². The van der Waals surface area contributed by atoms with Crippen molar-refractivity contribution in [3.05, 3.63) is 54.2 Å². The van der Waals surface area contributed by atoms with Crippen molar-refractivity contribution in [2.75, 3.05) is 32.2 Å². The molecule has 0 radical (unpaired) electrons. The minimum absolute atomic E-state index is 0.192. The van der Waals surface area contributed by atoms with Crippen LogP contribution in [-0.2, 0) is 9.53 Å². The molecule has 1 amide bonds. The molecule has 0 aliphatic carbocycles. The van der Waals surface area contributed by atoms with Gasteiger partial charge in [0.1, 0.15) is 11.1 Å². The lowest BCUT2D eigenvalue weighted by atomic mass is 10.1. The Morgan fingerprint density at radius 1 is 1.02 bits per heavy atom. The van der Waals surface area contributed by atoms with Gasteiger partial charge in [0, 0.05) is 24.8 Å². The number of rotatable bonds is 12. The molecular weight excluding hydrogens is 758 g/mol. The predicted molar refractivity (Wildman–Crippen MR) is 198 cm³/mol. The van der Waals surface area contributed by atoms with Gasteiger partial charge in [-0.1, -0.05) is 20.8 Å². The Kier molecular flexibility index (Phi) is 18.2. The van der Waals surface area contributed by atoms with Crippen molar-refractivity contribution in [2.24, 2.45) is 0 Å². The number of aryl methyl sites for hydroxylation is 1. The molecule has 47 heavy (non-hydrogen) atoms. The molecule has 0 saturated heterocycles. The number of thiol groups is 1. The van der Waals surface area contributed by atoms with Crippen LogP contribution in [0.3, 0.4) is 0 Å². The number of fused-ring (bicyclic) bond motifs is 2. The van der Waals surface area contributed by atoms with E-state index < -0.39 is 5.82 Å². The summed E-state index contributed by atoms with van der Waals surface area (Å²) in [4.78, 5) is 31.5. The zero-order valence-electron chi connectivity index (χ0n) is 27.4. The lowest BCUT2D eigenvalue weighted by molar-refractivity contribution is -0.105. The van der Waals surface area contributed by atoms with Crippen LogP contribution in [0.15, 0.2) is 42.9 Å². The van der Waals surface area contributed by atoms with Crippen LogP contribution in [0, 0.1) is 12.7 Å². The Morgan fingerprint density at radius 2 is 1.74 bits per heavy atom. The molecule has 0 aliphatic rings. The topological polar surface area (TPSA) is 130 Å². The fourth-order valence-corrected chi connectivity index (χ4v) is 4.97. The van der Waals surface area contributed by atoms with Gasteiger partial charge in [-0.3, -0.25) is 4.79 Å². The Hall–Kier alpha value is -3.41. The fraction of sp³-hybridized carbons (Fsp3) is 0.375. The normalized spacial score (nSPS) is 10.8. The Bertz CT molecular complexity index is 1680. The summed E-state index contributed by atoms with van der Waals surface area (Å²) in [6.45, 7) is 13.2. The number of nitrogens with zero attached hydrogens (tertiary/aromatic N) is 5. The Balaban J connectivity index is 0.000000379. The average Bonchev–Trinajstić information content (AvgIpc) is 3.49. The van der Waals surface area contributed by atoms with Crippen LogP contribution in [0.1, 0.15) is 46.6 Å². The number of amides is 1. The van der Waals surface area contributed by atoms with Gasteiger partial charge in [-0.2, -0.15) is 0 Å². The third-order valence-corrected chi connectivity index (χ3v) is 6.80. The first-order valence-corrected chi connectivity index (χ1v) is 18.9. The number of hydrogen-bond acceptors (Lipinski definition) is 12. The van der Waals surface area contributed by atoms with Crippen molar-refractivity contribution in [1.29, 1.82) is 0 Å². The quantitative estimate of drug-likeness (QED) is 0.0723. The molecule has 11 nitrogen and oxygen atoms in total. The minimum Gasteiger partial charge on any atom is -0.485 e. The molecule has 0 saturated carbocycles. The number of benzene rings is 2. The second-order valence-corrected chi connectivity index (χ2v) is 10.4. The van der Waals surface area contributed by atoms with Crippen LogP contribution in [0.5, 0.6) is 17.6 Å². The molecule has 3 aromatic heterocycles. The zero-order valence-corrected chi connectivity index (χ0v) is 31.3. The molecule has 1 unspecified atom stereocenters. The number of carbonyl (C=O) groups excluding carboxylic acids is 1. The van der Waals surface area contributed by atoms with E-state index in [1.165, 1.54) is 29.8 Å². The van der Waals surface area contributed by atoms with E-state index in [1.54, 1.807) is 19.4 Å². The maximum absolute atomic E-state index is 14.5. The molecule has 1 N–H and O–H groups in total. The monoisotopic (exact) mass is 798 g/mol. The molecule has 5 rings (SSSR count). The number of methoxy groups -OCH3 is 1.